The van der Waals surface area contributed by atoms with E-state index in [0.29, 0.717) is 11.1 Å². The van der Waals surface area contributed by atoms with Gasteiger partial charge in [-0.2, -0.15) is 0 Å². The molecule has 0 saturated heterocycles. The van der Waals surface area contributed by atoms with Gasteiger partial charge in [0.1, 0.15) is 5.25 Å². The zero-order valence-electron chi connectivity index (χ0n) is 14.3. The molecule has 3 rings (SSSR count). The number of benzene rings is 2. The predicted octanol–water partition coefficient (Wildman–Crippen LogP) is 3.97. The number of amides is 1. The van der Waals surface area contributed by atoms with E-state index < -0.39 is 5.25 Å². The van der Waals surface area contributed by atoms with Crippen molar-refractivity contribution in [1.82, 2.24) is 15.1 Å². The Bertz CT molecular complexity index is 862. The van der Waals surface area contributed by atoms with Crippen molar-refractivity contribution in [1.29, 1.82) is 0 Å². The molecular formula is C19H19N3O2S. The van der Waals surface area contributed by atoms with Crippen LogP contribution in [0.15, 0.2) is 64.2 Å². The van der Waals surface area contributed by atoms with Crippen molar-refractivity contribution < 1.29 is 9.21 Å². The summed E-state index contributed by atoms with van der Waals surface area (Å²) in [6, 6.07) is 17.4. The van der Waals surface area contributed by atoms with Crippen LogP contribution in [-0.2, 0) is 4.79 Å². The third-order valence-electron chi connectivity index (χ3n) is 3.77. The second kappa shape index (κ2) is 7.53. The van der Waals surface area contributed by atoms with E-state index >= 15 is 0 Å². The van der Waals surface area contributed by atoms with Crippen LogP contribution in [0.25, 0.3) is 11.5 Å². The van der Waals surface area contributed by atoms with E-state index in [1.807, 2.05) is 61.5 Å². The van der Waals surface area contributed by atoms with Crippen LogP contribution in [0.1, 0.15) is 16.4 Å². The lowest BCUT2D eigenvalue weighted by Gasteiger charge is -2.18. The molecule has 5 nitrogen and oxygen atoms in total. The fourth-order valence-corrected chi connectivity index (χ4v) is 3.42. The molecule has 6 heteroatoms. The summed E-state index contributed by atoms with van der Waals surface area (Å²) in [5, 5.41) is 8.20. The molecule has 0 aliphatic carbocycles. The first-order valence-electron chi connectivity index (χ1n) is 7.88. The van der Waals surface area contributed by atoms with Gasteiger partial charge in [-0.25, -0.2) is 0 Å². The van der Waals surface area contributed by atoms with Gasteiger partial charge in [-0.05, 0) is 35.9 Å². The number of thioether (sulfide) groups is 1. The number of hydrogen-bond donors (Lipinski definition) is 0. The van der Waals surface area contributed by atoms with Gasteiger partial charge in [-0.1, -0.05) is 48.5 Å². The van der Waals surface area contributed by atoms with Crippen LogP contribution < -0.4 is 0 Å². The maximum Gasteiger partial charge on any atom is 0.277 e. The van der Waals surface area contributed by atoms with E-state index in [-0.39, 0.29) is 5.91 Å². The topological polar surface area (TPSA) is 59.2 Å². The Balaban J connectivity index is 1.88. The molecule has 1 aromatic heterocycles. The molecule has 1 atom stereocenters. The highest BCUT2D eigenvalue weighted by atomic mass is 32.2. The lowest BCUT2D eigenvalue weighted by Crippen LogP contribution is -2.26. The molecule has 25 heavy (non-hydrogen) atoms. The average molecular weight is 353 g/mol. The molecule has 3 aromatic rings. The zero-order chi connectivity index (χ0) is 17.8. The summed E-state index contributed by atoms with van der Waals surface area (Å²) < 4.78 is 5.80. The fourth-order valence-electron chi connectivity index (χ4n) is 2.40. The minimum Gasteiger partial charge on any atom is -0.411 e. The Kier molecular flexibility index (Phi) is 5.19. The van der Waals surface area contributed by atoms with Crippen LogP contribution in [0.4, 0.5) is 0 Å². The quantitative estimate of drug-likeness (QED) is 0.650. The highest BCUT2D eigenvalue weighted by Gasteiger charge is 2.26. The normalized spacial score (nSPS) is 12.0. The first-order chi connectivity index (χ1) is 12.1. The summed E-state index contributed by atoms with van der Waals surface area (Å²) in [6.07, 6.45) is 0. The Morgan fingerprint density at radius 3 is 2.40 bits per heavy atom. The largest absolute Gasteiger partial charge is 0.411 e. The van der Waals surface area contributed by atoms with Crippen LogP contribution >= 0.6 is 11.8 Å². The van der Waals surface area contributed by atoms with Gasteiger partial charge in [0.05, 0.1) is 0 Å². The van der Waals surface area contributed by atoms with Crippen LogP contribution in [0, 0.1) is 6.92 Å². The van der Waals surface area contributed by atoms with Crippen molar-refractivity contribution in [2.45, 2.75) is 17.4 Å². The van der Waals surface area contributed by atoms with Crippen LogP contribution in [0.3, 0.4) is 0 Å². The van der Waals surface area contributed by atoms with E-state index in [9.17, 15) is 4.79 Å². The second-order valence-electron chi connectivity index (χ2n) is 5.83. The minimum atomic E-state index is -0.429. The number of carbonyl (C=O) groups excluding carboxylic acids is 1. The number of rotatable bonds is 5. The SMILES string of the molecule is Cc1ccccc1-c1nnc(S[C@H](C(=O)N(C)C)c2ccccc2)o1. The van der Waals surface area contributed by atoms with E-state index in [1.54, 1.807) is 19.0 Å². The summed E-state index contributed by atoms with van der Waals surface area (Å²) >= 11 is 1.27. The molecule has 0 saturated carbocycles. The summed E-state index contributed by atoms with van der Waals surface area (Å²) in [7, 11) is 3.48. The summed E-state index contributed by atoms with van der Waals surface area (Å²) in [5.41, 5.74) is 2.87. The number of aromatic nitrogens is 2. The van der Waals surface area contributed by atoms with Gasteiger partial charge in [0.2, 0.25) is 11.8 Å². The van der Waals surface area contributed by atoms with E-state index in [2.05, 4.69) is 10.2 Å². The number of likely N-dealkylation sites (N-methyl/N-ethyl adjacent to an activating group) is 1. The predicted molar refractivity (Wildman–Crippen MR) is 98.2 cm³/mol. The average Bonchev–Trinajstić information content (AvgIpc) is 3.08. The van der Waals surface area contributed by atoms with Crippen molar-refractivity contribution >= 4 is 17.7 Å². The van der Waals surface area contributed by atoms with Gasteiger partial charge in [0.15, 0.2) is 0 Å². The summed E-state index contributed by atoms with van der Waals surface area (Å²) in [4.78, 5) is 14.2. The van der Waals surface area contributed by atoms with Gasteiger partial charge in [-0.3, -0.25) is 4.79 Å². The zero-order valence-corrected chi connectivity index (χ0v) is 15.2. The first kappa shape index (κ1) is 17.2. The molecule has 0 N–H and O–H groups in total. The van der Waals surface area contributed by atoms with E-state index in [4.69, 9.17) is 4.42 Å². The Morgan fingerprint density at radius 2 is 1.72 bits per heavy atom. The molecule has 0 spiro atoms. The molecule has 0 bridgehead atoms. The number of nitrogens with zero attached hydrogens (tertiary/aromatic N) is 3. The third-order valence-corrected chi connectivity index (χ3v) is 4.84. The number of aryl methyl sites for hydroxylation is 1. The second-order valence-corrected chi connectivity index (χ2v) is 6.89. The lowest BCUT2D eigenvalue weighted by atomic mass is 10.1. The number of hydrogen-bond acceptors (Lipinski definition) is 5. The molecule has 0 aliphatic rings. The van der Waals surface area contributed by atoms with Gasteiger partial charge in [0.25, 0.3) is 5.22 Å². The Labute approximate surface area is 151 Å². The maximum atomic E-state index is 12.6. The summed E-state index contributed by atoms with van der Waals surface area (Å²) in [6.45, 7) is 1.99. The molecule has 0 radical (unpaired) electrons. The van der Waals surface area contributed by atoms with Crippen molar-refractivity contribution in [2.24, 2.45) is 0 Å². The lowest BCUT2D eigenvalue weighted by molar-refractivity contribution is -0.128. The van der Waals surface area contributed by atoms with Crippen LogP contribution in [-0.4, -0.2) is 35.1 Å². The Hall–Kier alpha value is -2.60. The first-order valence-corrected chi connectivity index (χ1v) is 8.76. The minimum absolute atomic E-state index is 0.0214. The Morgan fingerprint density at radius 1 is 1.04 bits per heavy atom. The van der Waals surface area contributed by atoms with Crippen molar-refractivity contribution in [2.75, 3.05) is 14.1 Å². The van der Waals surface area contributed by atoms with Crippen molar-refractivity contribution in [3.05, 3.63) is 65.7 Å². The standard InChI is InChI=1S/C19H19N3O2S/c1-13-9-7-8-12-15(13)17-20-21-19(24-17)25-16(18(23)22(2)3)14-10-5-4-6-11-14/h4-12,16H,1-3H3/t16-/m0/s1. The molecule has 1 amide bonds. The van der Waals surface area contributed by atoms with E-state index in [0.717, 1.165) is 16.7 Å². The van der Waals surface area contributed by atoms with Crippen molar-refractivity contribution in [3.63, 3.8) is 0 Å². The highest BCUT2D eigenvalue weighted by molar-refractivity contribution is 8.00. The monoisotopic (exact) mass is 353 g/mol. The fraction of sp³-hybridized carbons (Fsp3) is 0.211. The smallest absolute Gasteiger partial charge is 0.277 e. The molecule has 1 heterocycles. The molecule has 2 aromatic carbocycles. The molecule has 128 valence electrons. The van der Waals surface area contributed by atoms with Crippen LogP contribution in [0.5, 0.6) is 0 Å². The molecular weight excluding hydrogens is 334 g/mol. The van der Waals surface area contributed by atoms with Gasteiger partial charge < -0.3 is 9.32 Å². The summed E-state index contributed by atoms with van der Waals surface area (Å²) in [5.74, 6) is 0.441. The van der Waals surface area contributed by atoms with Gasteiger partial charge in [0, 0.05) is 19.7 Å². The van der Waals surface area contributed by atoms with Crippen molar-refractivity contribution in [3.8, 4) is 11.5 Å². The van der Waals surface area contributed by atoms with Gasteiger partial charge >= 0.3 is 0 Å². The highest BCUT2D eigenvalue weighted by Crippen LogP contribution is 2.37. The molecule has 0 unspecified atom stereocenters. The van der Waals surface area contributed by atoms with Gasteiger partial charge in [-0.15, -0.1) is 10.2 Å². The molecule has 0 fully saturated rings. The number of carbonyl (C=O) groups is 1. The van der Waals surface area contributed by atoms with Crippen LogP contribution in [0.2, 0.25) is 0 Å². The maximum absolute atomic E-state index is 12.6. The molecule has 0 aliphatic heterocycles. The van der Waals surface area contributed by atoms with E-state index in [1.165, 1.54) is 11.8 Å². The third kappa shape index (κ3) is 3.91.